The van der Waals surface area contributed by atoms with Crippen molar-refractivity contribution in [1.29, 1.82) is 0 Å². The van der Waals surface area contributed by atoms with Gasteiger partial charge in [0.1, 0.15) is 0 Å². The Bertz CT molecular complexity index is 488. The SMILES string of the molecule is CCn1nc(C)cc1CNc1ccc(Cl)cc1. The first kappa shape index (κ1) is 12.0. The molecule has 3 nitrogen and oxygen atoms in total. The molecule has 0 atom stereocenters. The van der Waals surface area contributed by atoms with Crippen LogP contribution >= 0.6 is 11.6 Å². The Balaban J connectivity index is 2.04. The smallest absolute Gasteiger partial charge is 0.0597 e. The lowest BCUT2D eigenvalue weighted by Gasteiger charge is -2.07. The van der Waals surface area contributed by atoms with Crippen LogP contribution in [-0.2, 0) is 13.1 Å². The number of hydrogen-bond acceptors (Lipinski definition) is 2. The van der Waals surface area contributed by atoms with Crippen molar-refractivity contribution < 1.29 is 0 Å². The molecular formula is C13H16ClN3. The van der Waals surface area contributed by atoms with Gasteiger partial charge in [0, 0.05) is 17.3 Å². The van der Waals surface area contributed by atoms with Gasteiger partial charge in [-0.2, -0.15) is 5.10 Å². The Morgan fingerprint density at radius 2 is 2.00 bits per heavy atom. The highest BCUT2D eigenvalue weighted by Crippen LogP contribution is 2.14. The van der Waals surface area contributed by atoms with E-state index in [4.69, 9.17) is 11.6 Å². The molecule has 4 heteroatoms. The van der Waals surface area contributed by atoms with Crippen molar-refractivity contribution in [3.05, 3.63) is 46.7 Å². The van der Waals surface area contributed by atoms with Crippen molar-refractivity contribution in [3.8, 4) is 0 Å². The van der Waals surface area contributed by atoms with E-state index < -0.39 is 0 Å². The molecule has 1 aromatic carbocycles. The fourth-order valence-electron chi connectivity index (χ4n) is 1.78. The lowest BCUT2D eigenvalue weighted by atomic mass is 10.3. The van der Waals surface area contributed by atoms with E-state index in [1.165, 1.54) is 5.69 Å². The van der Waals surface area contributed by atoms with E-state index in [1.54, 1.807) is 0 Å². The quantitative estimate of drug-likeness (QED) is 0.899. The van der Waals surface area contributed by atoms with Gasteiger partial charge in [0.15, 0.2) is 0 Å². The monoisotopic (exact) mass is 249 g/mol. The van der Waals surface area contributed by atoms with Crippen LogP contribution in [0.25, 0.3) is 0 Å². The van der Waals surface area contributed by atoms with E-state index in [0.717, 1.165) is 29.5 Å². The predicted octanol–water partition coefficient (Wildman–Crippen LogP) is 3.48. The Kier molecular flexibility index (Phi) is 3.69. The summed E-state index contributed by atoms with van der Waals surface area (Å²) in [5.41, 5.74) is 3.32. The third-order valence-electron chi connectivity index (χ3n) is 2.60. The van der Waals surface area contributed by atoms with Gasteiger partial charge < -0.3 is 5.32 Å². The largest absolute Gasteiger partial charge is 0.379 e. The summed E-state index contributed by atoms with van der Waals surface area (Å²) < 4.78 is 2.01. The molecule has 2 aromatic rings. The zero-order valence-corrected chi connectivity index (χ0v) is 10.8. The van der Waals surface area contributed by atoms with Crippen molar-refractivity contribution in [2.45, 2.75) is 26.9 Å². The highest BCUT2D eigenvalue weighted by atomic mass is 35.5. The molecule has 0 aliphatic rings. The minimum atomic E-state index is 0.755. The molecule has 0 radical (unpaired) electrons. The van der Waals surface area contributed by atoms with Crippen LogP contribution in [0.4, 0.5) is 5.69 Å². The van der Waals surface area contributed by atoms with Gasteiger partial charge in [0.25, 0.3) is 0 Å². The molecule has 0 bridgehead atoms. The van der Waals surface area contributed by atoms with Gasteiger partial charge >= 0.3 is 0 Å². The van der Waals surface area contributed by atoms with Gasteiger partial charge in [-0.15, -0.1) is 0 Å². The summed E-state index contributed by atoms with van der Waals surface area (Å²) in [6.07, 6.45) is 0. The standard InChI is InChI=1S/C13H16ClN3/c1-3-17-13(8-10(2)16-17)9-15-12-6-4-11(14)5-7-12/h4-8,15H,3,9H2,1-2H3. The summed E-state index contributed by atoms with van der Waals surface area (Å²) in [5, 5.41) is 8.52. The second kappa shape index (κ2) is 5.23. The molecule has 17 heavy (non-hydrogen) atoms. The first-order valence-electron chi connectivity index (χ1n) is 5.72. The van der Waals surface area contributed by atoms with Gasteiger partial charge in [0.2, 0.25) is 0 Å². The molecule has 0 amide bonds. The third kappa shape index (κ3) is 3.01. The molecule has 1 aromatic heterocycles. The molecule has 1 N–H and O–H groups in total. The Labute approximate surface area is 106 Å². The van der Waals surface area contributed by atoms with Crippen LogP contribution in [-0.4, -0.2) is 9.78 Å². The summed E-state index contributed by atoms with van der Waals surface area (Å²) in [7, 11) is 0. The first-order valence-corrected chi connectivity index (χ1v) is 6.09. The maximum Gasteiger partial charge on any atom is 0.0597 e. The average Bonchev–Trinajstić information content (AvgIpc) is 2.69. The molecule has 0 fully saturated rings. The van der Waals surface area contributed by atoms with Crippen molar-refractivity contribution >= 4 is 17.3 Å². The zero-order valence-electron chi connectivity index (χ0n) is 10.1. The van der Waals surface area contributed by atoms with Crippen LogP contribution in [0.5, 0.6) is 0 Å². The number of nitrogens with zero attached hydrogens (tertiary/aromatic N) is 2. The van der Waals surface area contributed by atoms with Gasteiger partial charge in [-0.3, -0.25) is 4.68 Å². The van der Waals surface area contributed by atoms with Crippen molar-refractivity contribution in [2.24, 2.45) is 0 Å². The van der Waals surface area contributed by atoms with E-state index in [2.05, 4.69) is 23.4 Å². The summed E-state index contributed by atoms with van der Waals surface area (Å²) >= 11 is 5.84. The van der Waals surface area contributed by atoms with E-state index in [-0.39, 0.29) is 0 Å². The van der Waals surface area contributed by atoms with E-state index in [1.807, 2.05) is 35.9 Å². The molecule has 0 unspecified atom stereocenters. The molecule has 90 valence electrons. The number of aryl methyl sites for hydroxylation is 2. The Morgan fingerprint density at radius 3 is 2.65 bits per heavy atom. The van der Waals surface area contributed by atoms with Gasteiger partial charge in [0.05, 0.1) is 17.9 Å². The molecule has 2 rings (SSSR count). The third-order valence-corrected chi connectivity index (χ3v) is 2.85. The molecule has 0 aliphatic heterocycles. The molecule has 1 heterocycles. The summed E-state index contributed by atoms with van der Waals surface area (Å²) in [5.74, 6) is 0. The fourth-order valence-corrected chi connectivity index (χ4v) is 1.90. The normalized spacial score (nSPS) is 10.5. The summed E-state index contributed by atoms with van der Waals surface area (Å²) in [6.45, 7) is 5.78. The maximum atomic E-state index is 5.84. The molecule has 0 saturated heterocycles. The van der Waals surface area contributed by atoms with E-state index in [9.17, 15) is 0 Å². The number of nitrogens with one attached hydrogen (secondary N) is 1. The topological polar surface area (TPSA) is 29.9 Å². The second-order valence-electron chi connectivity index (χ2n) is 3.95. The number of benzene rings is 1. The number of aromatic nitrogens is 2. The lowest BCUT2D eigenvalue weighted by Crippen LogP contribution is -2.07. The van der Waals surface area contributed by atoms with Crippen LogP contribution in [0, 0.1) is 6.92 Å². The van der Waals surface area contributed by atoms with Gasteiger partial charge in [-0.25, -0.2) is 0 Å². The van der Waals surface area contributed by atoms with Crippen LogP contribution in [0.3, 0.4) is 0 Å². The highest BCUT2D eigenvalue weighted by Gasteiger charge is 2.03. The van der Waals surface area contributed by atoms with Gasteiger partial charge in [-0.05, 0) is 44.2 Å². The summed E-state index contributed by atoms with van der Waals surface area (Å²) in [6, 6.07) is 9.81. The molecule has 0 spiro atoms. The zero-order chi connectivity index (χ0) is 12.3. The Hall–Kier alpha value is -1.48. The van der Waals surface area contributed by atoms with Crippen LogP contribution in [0.15, 0.2) is 30.3 Å². The van der Waals surface area contributed by atoms with E-state index >= 15 is 0 Å². The summed E-state index contributed by atoms with van der Waals surface area (Å²) in [4.78, 5) is 0. The average molecular weight is 250 g/mol. The number of rotatable bonds is 4. The van der Waals surface area contributed by atoms with Crippen LogP contribution in [0.2, 0.25) is 5.02 Å². The Morgan fingerprint density at radius 1 is 1.29 bits per heavy atom. The molecular weight excluding hydrogens is 234 g/mol. The number of hydrogen-bond donors (Lipinski definition) is 1. The minimum Gasteiger partial charge on any atom is -0.379 e. The van der Waals surface area contributed by atoms with Crippen LogP contribution in [0.1, 0.15) is 18.3 Å². The fraction of sp³-hybridized carbons (Fsp3) is 0.308. The minimum absolute atomic E-state index is 0.755. The van der Waals surface area contributed by atoms with E-state index in [0.29, 0.717) is 0 Å². The molecule has 0 saturated carbocycles. The number of halogens is 1. The second-order valence-corrected chi connectivity index (χ2v) is 4.39. The molecule has 0 aliphatic carbocycles. The maximum absolute atomic E-state index is 5.84. The highest BCUT2D eigenvalue weighted by molar-refractivity contribution is 6.30. The lowest BCUT2D eigenvalue weighted by molar-refractivity contribution is 0.623. The van der Waals surface area contributed by atoms with Crippen molar-refractivity contribution in [2.75, 3.05) is 5.32 Å². The number of anilines is 1. The van der Waals surface area contributed by atoms with Crippen LogP contribution < -0.4 is 5.32 Å². The van der Waals surface area contributed by atoms with Gasteiger partial charge in [-0.1, -0.05) is 11.6 Å². The predicted molar refractivity (Wildman–Crippen MR) is 71.4 cm³/mol. The van der Waals surface area contributed by atoms with Crippen molar-refractivity contribution in [1.82, 2.24) is 9.78 Å². The first-order chi connectivity index (χ1) is 8.19. The van der Waals surface area contributed by atoms with Crippen molar-refractivity contribution in [3.63, 3.8) is 0 Å².